The van der Waals surface area contributed by atoms with Crippen LogP contribution in [-0.2, 0) is 24.0 Å². The molecule has 0 radical (unpaired) electrons. The maximum Gasteiger partial charge on any atom is 0.277 e. The van der Waals surface area contributed by atoms with Crippen LogP contribution in [0.1, 0.15) is 33.3 Å². The molecule has 0 saturated carbocycles. The Morgan fingerprint density at radius 1 is 1.22 bits per heavy atom. The number of fused-ring (bicyclic) bond motifs is 2. The Morgan fingerprint density at radius 3 is 2.48 bits per heavy atom. The first kappa shape index (κ1) is 18.9. The lowest BCUT2D eigenvalue weighted by molar-refractivity contribution is -0.140. The summed E-state index contributed by atoms with van der Waals surface area (Å²) in [5.41, 5.74) is 0.756. The van der Waals surface area contributed by atoms with E-state index in [1.165, 1.54) is 20.8 Å². The van der Waals surface area contributed by atoms with Gasteiger partial charge in [-0.1, -0.05) is 0 Å². The number of rotatable bonds is 2. The van der Waals surface area contributed by atoms with Crippen molar-refractivity contribution in [3.63, 3.8) is 0 Å². The van der Waals surface area contributed by atoms with Gasteiger partial charge in [0.05, 0.1) is 12.3 Å². The van der Waals surface area contributed by atoms with Crippen molar-refractivity contribution in [3.8, 4) is 5.75 Å². The molecule has 2 heterocycles. The van der Waals surface area contributed by atoms with Gasteiger partial charge in [0.25, 0.3) is 5.91 Å². The number of benzene rings is 1. The fraction of sp³-hybridized carbons (Fsp3) is 0.353. The number of carbonyl (C=O) groups excluding carboxylic acids is 4. The highest BCUT2D eigenvalue weighted by molar-refractivity contribution is 8.15. The third-order valence-corrected chi connectivity index (χ3v) is 5.25. The van der Waals surface area contributed by atoms with Crippen LogP contribution in [0.15, 0.2) is 23.3 Å². The van der Waals surface area contributed by atoms with Gasteiger partial charge in [0.15, 0.2) is 5.17 Å². The molecule has 9 nitrogen and oxygen atoms in total. The number of anilines is 1. The van der Waals surface area contributed by atoms with Crippen molar-refractivity contribution >= 4 is 46.2 Å². The number of ether oxygens (including phenoxy) is 1. The monoisotopic (exact) mass is 390 g/mol. The number of hydrogen-bond acceptors (Lipinski definition) is 7. The number of amides is 4. The molecule has 0 saturated heterocycles. The van der Waals surface area contributed by atoms with Gasteiger partial charge < -0.3 is 10.1 Å². The highest BCUT2D eigenvalue weighted by Gasteiger charge is 2.62. The Kier molecular flexibility index (Phi) is 4.68. The minimum absolute atomic E-state index is 0.101. The quantitative estimate of drug-likeness (QED) is 0.811. The molecule has 0 aromatic heterocycles. The number of nitrogens with one attached hydrogen (secondary N) is 1. The second-order valence-electron chi connectivity index (χ2n) is 5.93. The molecule has 1 atom stereocenters. The van der Waals surface area contributed by atoms with E-state index in [4.69, 9.17) is 4.74 Å². The topological polar surface area (TPSA) is 108 Å². The summed E-state index contributed by atoms with van der Waals surface area (Å²) >= 11 is 0.908. The number of nitrogens with zero attached hydrogens (tertiary/aromatic N) is 3. The number of hydrogen-bond donors (Lipinski definition) is 1. The van der Waals surface area contributed by atoms with Crippen LogP contribution in [0.25, 0.3) is 0 Å². The number of carbonyl (C=O) groups is 4. The standard InChI is InChI=1S/C17H18N4O5S/c1-5-26-12-6-7-14-13(8-12)17(15(25)20(14)10(3)23)21(11(4)24)19-16(27-17)18-9(2)22/h6-8H,5H2,1-4H3,(H,18,19,22). The fourth-order valence-corrected chi connectivity index (χ4v) is 4.39. The molecule has 1 spiro atoms. The molecule has 2 aliphatic rings. The van der Waals surface area contributed by atoms with E-state index in [9.17, 15) is 19.2 Å². The first-order chi connectivity index (χ1) is 12.7. The van der Waals surface area contributed by atoms with E-state index in [-0.39, 0.29) is 11.1 Å². The van der Waals surface area contributed by atoms with Crippen LogP contribution in [0.2, 0.25) is 0 Å². The smallest absolute Gasteiger partial charge is 0.277 e. The predicted octanol–water partition coefficient (Wildman–Crippen LogP) is 1.13. The minimum atomic E-state index is -1.61. The third kappa shape index (κ3) is 2.85. The summed E-state index contributed by atoms with van der Waals surface area (Å²) in [6, 6.07) is 4.87. The van der Waals surface area contributed by atoms with Crippen molar-refractivity contribution in [1.82, 2.24) is 10.3 Å². The zero-order chi connectivity index (χ0) is 19.9. The number of thioether (sulfide) groups is 1. The molecular formula is C17H18N4O5S. The summed E-state index contributed by atoms with van der Waals surface area (Å²) in [5.74, 6) is -1.51. The van der Waals surface area contributed by atoms with Gasteiger partial charge in [-0.2, -0.15) is 5.01 Å². The second-order valence-corrected chi connectivity index (χ2v) is 7.12. The summed E-state index contributed by atoms with van der Waals surface area (Å²) in [6.45, 7) is 6.06. The van der Waals surface area contributed by atoms with E-state index in [1.807, 2.05) is 6.92 Å². The Hall–Kier alpha value is -2.88. The molecule has 1 aromatic rings. The summed E-state index contributed by atoms with van der Waals surface area (Å²) < 4.78 is 5.52. The van der Waals surface area contributed by atoms with Gasteiger partial charge in [-0.15, -0.1) is 5.10 Å². The first-order valence-electron chi connectivity index (χ1n) is 8.20. The fourth-order valence-electron chi connectivity index (χ4n) is 3.09. The maximum atomic E-state index is 13.3. The normalized spacial score (nSPS) is 20.6. The lowest BCUT2D eigenvalue weighted by Crippen LogP contribution is -2.49. The Bertz CT molecular complexity index is 899. The van der Waals surface area contributed by atoms with E-state index in [0.29, 0.717) is 23.6 Å². The molecule has 0 bridgehead atoms. The van der Waals surface area contributed by atoms with E-state index in [2.05, 4.69) is 10.4 Å². The van der Waals surface area contributed by atoms with Crippen LogP contribution in [0, 0.1) is 0 Å². The van der Waals surface area contributed by atoms with Gasteiger partial charge >= 0.3 is 0 Å². The van der Waals surface area contributed by atoms with Crippen molar-refractivity contribution in [3.05, 3.63) is 23.8 Å². The highest BCUT2D eigenvalue weighted by Crippen LogP contribution is 2.55. The van der Waals surface area contributed by atoms with Crippen molar-refractivity contribution < 1.29 is 23.9 Å². The molecule has 0 aliphatic carbocycles. The highest BCUT2D eigenvalue weighted by atomic mass is 32.2. The zero-order valence-electron chi connectivity index (χ0n) is 15.2. The van der Waals surface area contributed by atoms with Gasteiger partial charge in [0, 0.05) is 26.3 Å². The number of amidine groups is 1. The minimum Gasteiger partial charge on any atom is -0.494 e. The summed E-state index contributed by atoms with van der Waals surface area (Å²) in [5, 5.41) is 7.72. The molecule has 1 aromatic carbocycles. The molecule has 142 valence electrons. The van der Waals surface area contributed by atoms with Crippen molar-refractivity contribution in [2.45, 2.75) is 32.6 Å². The van der Waals surface area contributed by atoms with Crippen LogP contribution in [0.3, 0.4) is 0 Å². The predicted molar refractivity (Wildman–Crippen MR) is 98.8 cm³/mol. The van der Waals surface area contributed by atoms with Crippen LogP contribution >= 0.6 is 11.8 Å². The summed E-state index contributed by atoms with van der Waals surface area (Å²) in [7, 11) is 0. The van der Waals surface area contributed by atoms with Crippen LogP contribution in [0.4, 0.5) is 5.69 Å². The van der Waals surface area contributed by atoms with Gasteiger partial charge in [-0.3, -0.25) is 19.2 Å². The molecule has 1 N–H and O–H groups in total. The van der Waals surface area contributed by atoms with Gasteiger partial charge in [-0.05, 0) is 36.9 Å². The van der Waals surface area contributed by atoms with E-state index < -0.39 is 22.6 Å². The van der Waals surface area contributed by atoms with Gasteiger partial charge in [0.2, 0.25) is 22.6 Å². The Labute approximate surface area is 159 Å². The maximum absolute atomic E-state index is 13.3. The Morgan fingerprint density at radius 2 is 1.93 bits per heavy atom. The van der Waals surface area contributed by atoms with Crippen LogP contribution in [0.5, 0.6) is 5.75 Å². The molecule has 27 heavy (non-hydrogen) atoms. The number of imide groups is 1. The average Bonchev–Trinajstić information content (AvgIpc) is 3.06. The molecule has 0 fully saturated rings. The van der Waals surface area contributed by atoms with Gasteiger partial charge in [0.1, 0.15) is 5.75 Å². The van der Waals surface area contributed by atoms with Crippen LogP contribution < -0.4 is 15.0 Å². The lowest BCUT2D eigenvalue weighted by Gasteiger charge is -2.29. The van der Waals surface area contributed by atoms with Crippen molar-refractivity contribution in [1.29, 1.82) is 0 Å². The van der Waals surface area contributed by atoms with Crippen molar-refractivity contribution in [2.24, 2.45) is 5.10 Å². The van der Waals surface area contributed by atoms with Gasteiger partial charge in [-0.25, -0.2) is 4.90 Å². The number of hydrazone groups is 1. The second kappa shape index (κ2) is 6.69. The largest absolute Gasteiger partial charge is 0.494 e. The van der Waals surface area contributed by atoms with E-state index in [0.717, 1.165) is 21.7 Å². The van der Waals surface area contributed by atoms with E-state index in [1.54, 1.807) is 18.2 Å². The SMILES string of the molecule is CCOc1ccc2c(c1)C1(SC(NC(C)=O)=NN1C(C)=O)C(=O)N2C(C)=O. The molecule has 10 heteroatoms. The summed E-state index contributed by atoms with van der Waals surface area (Å²) in [6.07, 6.45) is 0. The van der Waals surface area contributed by atoms with E-state index >= 15 is 0 Å². The molecule has 1 unspecified atom stereocenters. The summed E-state index contributed by atoms with van der Waals surface area (Å²) in [4.78, 5) is 48.6. The third-order valence-electron chi connectivity index (χ3n) is 4.01. The molecule has 2 aliphatic heterocycles. The molecule has 3 rings (SSSR count). The Balaban J connectivity index is 2.21. The molecule has 4 amide bonds. The average molecular weight is 390 g/mol. The van der Waals surface area contributed by atoms with Crippen molar-refractivity contribution in [2.75, 3.05) is 11.5 Å². The van der Waals surface area contributed by atoms with Crippen LogP contribution in [-0.4, -0.2) is 40.4 Å². The molecular weight excluding hydrogens is 372 g/mol. The zero-order valence-corrected chi connectivity index (χ0v) is 16.0. The lowest BCUT2D eigenvalue weighted by atomic mass is 10.1. The first-order valence-corrected chi connectivity index (χ1v) is 9.02.